The number of amides is 2. The van der Waals surface area contributed by atoms with Crippen molar-refractivity contribution in [2.75, 3.05) is 10.6 Å². The molecule has 0 aliphatic heterocycles. The van der Waals surface area contributed by atoms with Crippen molar-refractivity contribution < 1.29 is 14.8 Å². The maximum atomic E-state index is 12.3. The highest BCUT2D eigenvalue weighted by atomic mass is 16.6. The van der Waals surface area contributed by atoms with Crippen molar-refractivity contribution >= 4 is 33.9 Å². The molecule has 0 saturated heterocycles. The molecule has 25 heavy (non-hydrogen) atoms. The van der Waals surface area contributed by atoms with E-state index in [2.05, 4.69) is 10.6 Å². The number of aryl methyl sites for hydroxylation is 1. The molecular formula is C18H15N3O4. The summed E-state index contributed by atoms with van der Waals surface area (Å²) in [6.45, 7) is 1.75. The van der Waals surface area contributed by atoms with Crippen molar-refractivity contribution in [3.8, 4) is 5.75 Å². The fraction of sp³-hybridized carbons (Fsp3) is 0.0556. The average Bonchev–Trinajstić information content (AvgIpc) is 2.57. The van der Waals surface area contributed by atoms with Gasteiger partial charge < -0.3 is 15.7 Å². The lowest BCUT2D eigenvalue weighted by Crippen LogP contribution is -2.20. The lowest BCUT2D eigenvalue weighted by molar-refractivity contribution is -0.384. The SMILES string of the molecule is Cc1ccc([N+](=O)[O-])cc1NC(=O)Nc1cccc2ccc(O)cc12. The van der Waals surface area contributed by atoms with Gasteiger partial charge in [0.15, 0.2) is 0 Å². The standard InChI is InChI=1S/C18H15N3O4/c1-11-5-7-13(21(24)25)9-17(11)20-18(23)19-16-4-2-3-12-6-8-14(22)10-15(12)16/h2-10,22H,1H3,(H2,19,20,23). The molecule has 7 heteroatoms. The van der Waals surface area contributed by atoms with Crippen molar-refractivity contribution in [3.63, 3.8) is 0 Å². The van der Waals surface area contributed by atoms with Gasteiger partial charge in [0.1, 0.15) is 5.75 Å². The van der Waals surface area contributed by atoms with E-state index in [0.29, 0.717) is 22.3 Å². The zero-order valence-corrected chi connectivity index (χ0v) is 13.3. The second kappa shape index (κ2) is 6.48. The molecule has 0 aliphatic rings. The molecule has 0 fully saturated rings. The highest BCUT2D eigenvalue weighted by Crippen LogP contribution is 2.27. The fourth-order valence-electron chi connectivity index (χ4n) is 2.50. The van der Waals surface area contributed by atoms with Crippen LogP contribution in [0.3, 0.4) is 0 Å². The normalized spacial score (nSPS) is 10.4. The predicted molar refractivity (Wildman–Crippen MR) is 96.1 cm³/mol. The number of phenols is 1. The van der Waals surface area contributed by atoms with Crippen molar-refractivity contribution in [1.29, 1.82) is 0 Å². The summed E-state index contributed by atoms with van der Waals surface area (Å²) in [5, 5.41) is 27.4. The number of fused-ring (bicyclic) bond motifs is 1. The first-order valence-electron chi connectivity index (χ1n) is 7.49. The Bertz CT molecular complexity index is 985. The topological polar surface area (TPSA) is 105 Å². The molecule has 3 N–H and O–H groups in total. The summed E-state index contributed by atoms with van der Waals surface area (Å²) in [6, 6.07) is 14.0. The second-order valence-electron chi connectivity index (χ2n) is 5.55. The number of nitro groups is 1. The number of carbonyl (C=O) groups excluding carboxylic acids is 1. The molecule has 7 nitrogen and oxygen atoms in total. The zero-order valence-electron chi connectivity index (χ0n) is 13.3. The zero-order chi connectivity index (χ0) is 18.0. The van der Waals surface area contributed by atoms with Crippen LogP contribution in [0.4, 0.5) is 21.9 Å². The van der Waals surface area contributed by atoms with Gasteiger partial charge in [-0.3, -0.25) is 10.1 Å². The van der Waals surface area contributed by atoms with E-state index in [9.17, 15) is 20.0 Å². The minimum absolute atomic E-state index is 0.0942. The summed E-state index contributed by atoms with van der Waals surface area (Å²) in [4.78, 5) is 22.6. The van der Waals surface area contributed by atoms with Crippen LogP contribution in [0.1, 0.15) is 5.56 Å². The van der Waals surface area contributed by atoms with Gasteiger partial charge in [-0.2, -0.15) is 0 Å². The van der Waals surface area contributed by atoms with Gasteiger partial charge in [0, 0.05) is 17.5 Å². The largest absolute Gasteiger partial charge is 0.508 e. The number of carbonyl (C=O) groups is 1. The lowest BCUT2D eigenvalue weighted by atomic mass is 10.1. The number of nitrogens with one attached hydrogen (secondary N) is 2. The Morgan fingerprint density at radius 3 is 2.56 bits per heavy atom. The number of anilines is 2. The number of non-ortho nitro benzene ring substituents is 1. The minimum Gasteiger partial charge on any atom is -0.508 e. The van der Waals surface area contributed by atoms with Gasteiger partial charge in [0.05, 0.1) is 16.3 Å². The molecule has 126 valence electrons. The lowest BCUT2D eigenvalue weighted by Gasteiger charge is -2.12. The van der Waals surface area contributed by atoms with Crippen LogP contribution in [-0.4, -0.2) is 16.1 Å². The Kier molecular flexibility index (Phi) is 4.21. The van der Waals surface area contributed by atoms with Crippen molar-refractivity contribution in [2.45, 2.75) is 6.92 Å². The molecule has 3 aromatic carbocycles. The number of hydrogen-bond donors (Lipinski definition) is 3. The third kappa shape index (κ3) is 3.50. The average molecular weight is 337 g/mol. The van der Waals surface area contributed by atoms with Crippen molar-refractivity contribution in [2.24, 2.45) is 0 Å². The maximum Gasteiger partial charge on any atom is 0.323 e. The molecule has 0 aliphatic carbocycles. The number of hydrogen-bond acceptors (Lipinski definition) is 4. The molecule has 0 spiro atoms. The predicted octanol–water partition coefficient (Wildman–Crippen LogP) is 4.41. The van der Waals surface area contributed by atoms with Gasteiger partial charge in [0.25, 0.3) is 5.69 Å². The van der Waals surface area contributed by atoms with E-state index in [-0.39, 0.29) is 11.4 Å². The molecule has 3 aromatic rings. The quantitative estimate of drug-likeness (QED) is 0.486. The van der Waals surface area contributed by atoms with E-state index in [4.69, 9.17) is 0 Å². The number of nitro benzene ring substituents is 1. The van der Waals surface area contributed by atoms with Crippen molar-refractivity contribution in [3.05, 3.63) is 70.3 Å². The minimum atomic E-state index is -0.528. The maximum absolute atomic E-state index is 12.3. The highest BCUT2D eigenvalue weighted by molar-refractivity contribution is 6.06. The number of nitrogens with zero attached hydrogens (tertiary/aromatic N) is 1. The smallest absolute Gasteiger partial charge is 0.323 e. The first kappa shape index (κ1) is 16.3. The van der Waals surface area contributed by atoms with E-state index in [1.54, 1.807) is 43.3 Å². The summed E-state index contributed by atoms with van der Waals surface area (Å²) >= 11 is 0. The Labute approximate surface area is 143 Å². The third-order valence-corrected chi connectivity index (χ3v) is 3.79. The number of aromatic hydroxyl groups is 1. The van der Waals surface area contributed by atoms with Gasteiger partial charge in [-0.05, 0) is 36.1 Å². The van der Waals surface area contributed by atoms with Gasteiger partial charge in [-0.15, -0.1) is 0 Å². The van der Waals surface area contributed by atoms with Gasteiger partial charge >= 0.3 is 6.03 Å². The van der Waals surface area contributed by atoms with Gasteiger partial charge in [0.2, 0.25) is 0 Å². The Balaban J connectivity index is 1.85. The van der Waals surface area contributed by atoms with Gasteiger partial charge in [-0.1, -0.05) is 24.3 Å². The van der Waals surface area contributed by atoms with E-state index >= 15 is 0 Å². The van der Waals surface area contributed by atoms with Crippen LogP contribution in [-0.2, 0) is 0 Å². The van der Waals surface area contributed by atoms with Crippen LogP contribution in [0.15, 0.2) is 54.6 Å². The molecule has 3 rings (SSSR count). The third-order valence-electron chi connectivity index (χ3n) is 3.79. The number of urea groups is 1. The Morgan fingerprint density at radius 2 is 1.80 bits per heavy atom. The first-order chi connectivity index (χ1) is 11.9. The molecule has 0 atom stereocenters. The summed E-state index contributed by atoms with van der Waals surface area (Å²) in [7, 11) is 0. The van der Waals surface area contributed by atoms with Crippen LogP contribution in [0.25, 0.3) is 10.8 Å². The van der Waals surface area contributed by atoms with Gasteiger partial charge in [-0.25, -0.2) is 4.79 Å². The fourth-order valence-corrected chi connectivity index (χ4v) is 2.50. The monoisotopic (exact) mass is 337 g/mol. The number of phenolic OH excluding ortho intramolecular Hbond substituents is 1. The van der Waals surface area contributed by atoms with Crippen LogP contribution in [0.5, 0.6) is 5.75 Å². The summed E-state index contributed by atoms with van der Waals surface area (Å²) < 4.78 is 0. The highest BCUT2D eigenvalue weighted by Gasteiger charge is 2.12. The molecule has 0 aromatic heterocycles. The molecule has 0 bridgehead atoms. The number of rotatable bonds is 3. The molecule has 0 saturated carbocycles. The van der Waals surface area contributed by atoms with Crippen LogP contribution < -0.4 is 10.6 Å². The van der Waals surface area contributed by atoms with Crippen LogP contribution >= 0.6 is 0 Å². The first-order valence-corrected chi connectivity index (χ1v) is 7.49. The van der Waals surface area contributed by atoms with E-state index in [1.807, 2.05) is 6.07 Å². The van der Waals surface area contributed by atoms with Crippen LogP contribution in [0.2, 0.25) is 0 Å². The van der Waals surface area contributed by atoms with Crippen molar-refractivity contribution in [1.82, 2.24) is 0 Å². The molecular weight excluding hydrogens is 322 g/mol. The van der Waals surface area contributed by atoms with Crippen LogP contribution in [0, 0.1) is 17.0 Å². The Hall–Kier alpha value is -3.61. The molecule has 0 unspecified atom stereocenters. The Morgan fingerprint density at radius 1 is 1.04 bits per heavy atom. The summed E-state index contributed by atoms with van der Waals surface area (Å²) in [5.74, 6) is 0.0942. The molecule has 2 amide bonds. The van der Waals surface area contributed by atoms with E-state index < -0.39 is 11.0 Å². The summed E-state index contributed by atoms with van der Waals surface area (Å²) in [5.41, 5.74) is 1.48. The van der Waals surface area contributed by atoms with E-state index in [1.165, 1.54) is 12.1 Å². The summed E-state index contributed by atoms with van der Waals surface area (Å²) in [6.07, 6.45) is 0. The number of benzene rings is 3. The second-order valence-corrected chi connectivity index (χ2v) is 5.55. The molecule has 0 radical (unpaired) electrons. The molecule has 0 heterocycles. The van der Waals surface area contributed by atoms with E-state index in [0.717, 1.165) is 5.39 Å².